The van der Waals surface area contributed by atoms with Crippen LogP contribution < -0.4 is 5.32 Å². The number of benzene rings is 1. The average Bonchev–Trinajstić information content (AvgIpc) is 3.22. The predicted octanol–water partition coefficient (Wildman–Crippen LogP) is 3.05. The highest BCUT2D eigenvalue weighted by atomic mass is 19.4. The van der Waals surface area contributed by atoms with Crippen molar-refractivity contribution in [1.29, 1.82) is 0 Å². The average molecular weight is 479 g/mol. The highest BCUT2D eigenvalue weighted by Gasteiger charge is 2.44. The molecule has 0 spiro atoms. The van der Waals surface area contributed by atoms with E-state index >= 15 is 0 Å². The standard InChI is InChI=1S/C20H20F3N7O4/c1-3-32-18(20(21,22)23)34-19(31)25-15-11-7-10-14(24-15)12-33-27-16(13-8-5-4-6-9-13)17-26-28-29-30(17)2/h4-11,18H,3,12H2,1-2H3,(H,24,25,31). The third kappa shape index (κ3) is 6.71. The van der Waals surface area contributed by atoms with E-state index in [2.05, 4.69) is 40.5 Å². The Balaban J connectivity index is 1.67. The third-order valence-corrected chi connectivity index (χ3v) is 4.08. The second kappa shape index (κ2) is 11.2. The summed E-state index contributed by atoms with van der Waals surface area (Å²) >= 11 is 0. The molecule has 1 N–H and O–H groups in total. The second-order valence-corrected chi connectivity index (χ2v) is 6.58. The number of carbonyl (C=O) groups is 1. The van der Waals surface area contributed by atoms with Crippen molar-refractivity contribution in [3.8, 4) is 0 Å². The van der Waals surface area contributed by atoms with Crippen LogP contribution in [0.4, 0.5) is 23.8 Å². The van der Waals surface area contributed by atoms with E-state index in [-0.39, 0.29) is 19.0 Å². The Morgan fingerprint density at radius 1 is 1.18 bits per heavy atom. The maximum atomic E-state index is 12.8. The second-order valence-electron chi connectivity index (χ2n) is 6.58. The first kappa shape index (κ1) is 24.6. The first-order valence-corrected chi connectivity index (χ1v) is 9.88. The van der Waals surface area contributed by atoms with Crippen molar-refractivity contribution >= 4 is 17.6 Å². The van der Waals surface area contributed by atoms with Gasteiger partial charge in [-0.3, -0.25) is 5.32 Å². The number of alkyl halides is 3. The molecule has 1 aromatic carbocycles. The lowest BCUT2D eigenvalue weighted by atomic mass is 10.1. The van der Waals surface area contributed by atoms with Crippen LogP contribution in [0.2, 0.25) is 0 Å². The highest BCUT2D eigenvalue weighted by molar-refractivity contribution is 6.10. The zero-order valence-electron chi connectivity index (χ0n) is 18.1. The number of rotatable bonds is 9. The van der Waals surface area contributed by atoms with Gasteiger partial charge in [-0.25, -0.2) is 14.5 Å². The van der Waals surface area contributed by atoms with E-state index in [1.165, 1.54) is 23.7 Å². The van der Waals surface area contributed by atoms with Crippen LogP contribution in [0.15, 0.2) is 53.7 Å². The lowest BCUT2D eigenvalue weighted by molar-refractivity contribution is -0.288. The molecular formula is C20H20F3N7O4. The van der Waals surface area contributed by atoms with E-state index in [0.717, 1.165) is 0 Å². The van der Waals surface area contributed by atoms with Crippen molar-refractivity contribution in [1.82, 2.24) is 25.2 Å². The Hall–Kier alpha value is -4.07. The van der Waals surface area contributed by atoms with Gasteiger partial charge in [-0.1, -0.05) is 41.6 Å². The number of nitrogens with zero attached hydrogens (tertiary/aromatic N) is 6. The summed E-state index contributed by atoms with van der Waals surface area (Å²) < 4.78 is 48.7. The van der Waals surface area contributed by atoms with E-state index in [9.17, 15) is 18.0 Å². The number of nitrogens with one attached hydrogen (secondary N) is 1. The van der Waals surface area contributed by atoms with Gasteiger partial charge >= 0.3 is 18.6 Å². The summed E-state index contributed by atoms with van der Waals surface area (Å²) in [4.78, 5) is 21.4. The molecule has 11 nitrogen and oxygen atoms in total. The first-order chi connectivity index (χ1) is 16.3. The van der Waals surface area contributed by atoms with E-state index in [4.69, 9.17) is 4.84 Å². The molecule has 0 aliphatic rings. The minimum atomic E-state index is -4.87. The molecule has 1 amide bonds. The monoisotopic (exact) mass is 479 g/mol. The van der Waals surface area contributed by atoms with E-state index in [0.29, 0.717) is 22.8 Å². The lowest BCUT2D eigenvalue weighted by Gasteiger charge is -2.20. The maximum absolute atomic E-state index is 12.8. The molecule has 0 fully saturated rings. The van der Waals surface area contributed by atoms with Crippen LogP contribution in [0.5, 0.6) is 0 Å². The summed E-state index contributed by atoms with van der Waals surface area (Å²) in [7, 11) is 1.65. The van der Waals surface area contributed by atoms with Gasteiger partial charge in [0.1, 0.15) is 5.82 Å². The van der Waals surface area contributed by atoms with Gasteiger partial charge in [0, 0.05) is 19.2 Å². The van der Waals surface area contributed by atoms with Crippen LogP contribution in [-0.4, -0.2) is 56.1 Å². The van der Waals surface area contributed by atoms with Crippen molar-refractivity contribution in [3.63, 3.8) is 0 Å². The molecule has 2 aromatic heterocycles. The van der Waals surface area contributed by atoms with Gasteiger partial charge in [0.15, 0.2) is 12.3 Å². The number of anilines is 1. The van der Waals surface area contributed by atoms with E-state index in [1.54, 1.807) is 13.1 Å². The first-order valence-electron chi connectivity index (χ1n) is 9.88. The quantitative estimate of drug-likeness (QED) is 0.282. The number of aryl methyl sites for hydroxylation is 1. The van der Waals surface area contributed by atoms with Crippen molar-refractivity contribution in [2.24, 2.45) is 12.2 Å². The molecule has 0 saturated heterocycles. The Labute approximate surface area is 191 Å². The van der Waals surface area contributed by atoms with Crippen LogP contribution in [0.1, 0.15) is 24.0 Å². The number of hydrogen-bond acceptors (Lipinski definition) is 9. The fourth-order valence-corrected chi connectivity index (χ4v) is 2.62. The Bertz CT molecular complexity index is 1120. The number of oxime groups is 1. The van der Waals surface area contributed by atoms with Crippen LogP contribution >= 0.6 is 0 Å². The molecule has 1 atom stereocenters. The number of aromatic nitrogens is 5. The highest BCUT2D eigenvalue weighted by Crippen LogP contribution is 2.24. The zero-order valence-corrected chi connectivity index (χ0v) is 18.1. The summed E-state index contributed by atoms with van der Waals surface area (Å²) in [6.07, 6.45) is -8.94. The van der Waals surface area contributed by atoms with Crippen LogP contribution in [0.3, 0.4) is 0 Å². The number of pyridine rings is 1. The van der Waals surface area contributed by atoms with E-state index in [1.807, 2.05) is 30.3 Å². The molecule has 1 unspecified atom stereocenters. The van der Waals surface area contributed by atoms with Gasteiger partial charge < -0.3 is 14.3 Å². The Morgan fingerprint density at radius 3 is 2.59 bits per heavy atom. The molecule has 2 heterocycles. The van der Waals surface area contributed by atoms with Crippen molar-refractivity contribution in [2.75, 3.05) is 11.9 Å². The van der Waals surface area contributed by atoms with Gasteiger partial charge in [0.25, 0.3) is 0 Å². The summed E-state index contributed by atoms with van der Waals surface area (Å²) in [5, 5.41) is 17.6. The van der Waals surface area contributed by atoms with Crippen molar-refractivity contribution < 1.29 is 32.3 Å². The van der Waals surface area contributed by atoms with E-state index < -0.39 is 18.6 Å². The molecule has 0 aliphatic heterocycles. The lowest BCUT2D eigenvalue weighted by Crippen LogP contribution is -2.37. The fraction of sp³-hybridized carbons (Fsp3) is 0.300. The summed E-state index contributed by atoms with van der Waals surface area (Å²) in [6, 6.07) is 13.6. The smallest absolute Gasteiger partial charge is 0.409 e. The zero-order chi connectivity index (χ0) is 24.6. The molecule has 14 heteroatoms. The number of carbonyl (C=O) groups excluding carboxylic acids is 1. The normalized spacial score (nSPS) is 12.8. The molecule has 3 rings (SSSR count). The molecule has 0 aliphatic carbocycles. The van der Waals surface area contributed by atoms with Gasteiger partial charge in [-0.2, -0.15) is 13.2 Å². The Kier molecular flexibility index (Phi) is 8.08. The summed E-state index contributed by atoms with van der Waals surface area (Å²) in [5.41, 5.74) is 1.42. The SMILES string of the molecule is CCOC(OC(=O)Nc1cccc(CON=C(c2ccccc2)c2nnnn2C)n1)C(F)(F)F. The minimum Gasteiger partial charge on any atom is -0.409 e. The number of ether oxygens (including phenoxy) is 2. The number of hydrogen-bond donors (Lipinski definition) is 1. The number of halogens is 3. The summed E-state index contributed by atoms with van der Waals surface area (Å²) in [6.45, 7) is 0.937. The maximum Gasteiger partial charge on any atom is 0.452 e. The molecule has 180 valence electrons. The molecule has 0 saturated carbocycles. The number of tetrazole rings is 1. The molecule has 0 bridgehead atoms. The van der Waals surface area contributed by atoms with Gasteiger partial charge in [0.2, 0.25) is 5.82 Å². The van der Waals surface area contributed by atoms with Crippen molar-refractivity contribution in [2.45, 2.75) is 26.0 Å². The van der Waals surface area contributed by atoms with Crippen LogP contribution in [0, 0.1) is 0 Å². The topological polar surface area (TPSA) is 126 Å². The van der Waals surface area contributed by atoms with Gasteiger partial charge in [0.05, 0.1) is 5.69 Å². The molecular weight excluding hydrogens is 459 g/mol. The van der Waals surface area contributed by atoms with Crippen LogP contribution in [0.25, 0.3) is 0 Å². The third-order valence-electron chi connectivity index (χ3n) is 4.08. The predicted molar refractivity (Wildman–Crippen MR) is 111 cm³/mol. The van der Waals surface area contributed by atoms with Crippen molar-refractivity contribution in [3.05, 3.63) is 65.6 Å². The molecule has 34 heavy (non-hydrogen) atoms. The van der Waals surface area contributed by atoms with Crippen LogP contribution in [-0.2, 0) is 28.0 Å². The van der Waals surface area contributed by atoms with Gasteiger partial charge in [-0.15, -0.1) is 5.10 Å². The Morgan fingerprint density at radius 2 is 1.94 bits per heavy atom. The number of amides is 1. The largest absolute Gasteiger partial charge is 0.452 e. The minimum absolute atomic E-state index is 0.0479. The fourth-order valence-electron chi connectivity index (χ4n) is 2.62. The molecule has 0 radical (unpaired) electrons. The molecule has 3 aromatic rings. The summed E-state index contributed by atoms with van der Waals surface area (Å²) in [5.74, 6) is 0.319. The van der Waals surface area contributed by atoms with Gasteiger partial charge in [-0.05, 0) is 29.5 Å².